The Morgan fingerprint density at radius 2 is 1.92 bits per heavy atom. The fraction of sp³-hybridized carbons (Fsp3) is 0.105. The van der Waals surface area contributed by atoms with Gasteiger partial charge >= 0.3 is 0 Å². The van der Waals surface area contributed by atoms with Crippen molar-refractivity contribution in [3.63, 3.8) is 0 Å². The van der Waals surface area contributed by atoms with Crippen LogP contribution in [0.1, 0.15) is 5.69 Å². The van der Waals surface area contributed by atoms with Gasteiger partial charge in [0.2, 0.25) is 5.78 Å². The normalized spacial score (nSPS) is 11.0. The predicted octanol–water partition coefficient (Wildman–Crippen LogP) is 4.43. The molecule has 0 aliphatic carbocycles. The van der Waals surface area contributed by atoms with Crippen LogP contribution in [0.5, 0.6) is 5.75 Å². The van der Waals surface area contributed by atoms with E-state index < -0.39 is 0 Å². The summed E-state index contributed by atoms with van der Waals surface area (Å²) < 4.78 is 7.22. The molecule has 0 spiro atoms. The van der Waals surface area contributed by atoms with E-state index in [-0.39, 0.29) is 0 Å². The molecule has 0 fully saturated rings. The van der Waals surface area contributed by atoms with Crippen molar-refractivity contribution in [2.75, 3.05) is 7.11 Å². The second-order valence-electron chi connectivity index (χ2n) is 5.63. The Balaban J connectivity index is 2.01. The van der Waals surface area contributed by atoms with E-state index in [9.17, 15) is 0 Å². The largest absolute Gasteiger partial charge is 0.495 e. The van der Waals surface area contributed by atoms with Gasteiger partial charge in [0, 0.05) is 35.4 Å². The molecule has 0 bridgehead atoms. The molecule has 4 aromatic rings. The molecule has 3 heterocycles. The van der Waals surface area contributed by atoms with Gasteiger partial charge in [-0.2, -0.15) is 0 Å². The van der Waals surface area contributed by atoms with Gasteiger partial charge in [0.15, 0.2) is 0 Å². The molecular formula is C19H15ClN4O. The Morgan fingerprint density at radius 1 is 1.04 bits per heavy atom. The Morgan fingerprint density at radius 3 is 2.68 bits per heavy atom. The second-order valence-corrected chi connectivity index (χ2v) is 6.04. The Kier molecular flexibility index (Phi) is 3.86. The van der Waals surface area contributed by atoms with Crippen molar-refractivity contribution in [1.29, 1.82) is 0 Å². The molecule has 4 rings (SSSR count). The van der Waals surface area contributed by atoms with Gasteiger partial charge in [0.25, 0.3) is 0 Å². The highest BCUT2D eigenvalue weighted by molar-refractivity contribution is 6.32. The number of hydrogen-bond acceptors (Lipinski definition) is 4. The third-order valence-electron chi connectivity index (χ3n) is 4.00. The molecule has 0 aliphatic rings. The average molecular weight is 351 g/mol. The van der Waals surface area contributed by atoms with Crippen molar-refractivity contribution in [3.8, 4) is 28.3 Å². The lowest BCUT2D eigenvalue weighted by Crippen LogP contribution is -1.92. The van der Waals surface area contributed by atoms with Crippen molar-refractivity contribution in [2.24, 2.45) is 0 Å². The van der Waals surface area contributed by atoms with Crippen LogP contribution in [-0.2, 0) is 0 Å². The molecule has 0 saturated carbocycles. The van der Waals surface area contributed by atoms with Gasteiger partial charge < -0.3 is 4.74 Å². The molecule has 1 aromatic carbocycles. The smallest absolute Gasteiger partial charge is 0.234 e. The number of hydrogen-bond donors (Lipinski definition) is 0. The van der Waals surface area contributed by atoms with E-state index in [1.54, 1.807) is 19.5 Å². The van der Waals surface area contributed by atoms with Crippen LogP contribution < -0.4 is 4.74 Å². The summed E-state index contributed by atoms with van der Waals surface area (Å²) in [6, 6.07) is 11.5. The Hall–Kier alpha value is -2.92. The van der Waals surface area contributed by atoms with E-state index in [0.717, 1.165) is 28.2 Å². The number of fused-ring (bicyclic) bond motifs is 1. The van der Waals surface area contributed by atoms with Crippen molar-refractivity contribution in [3.05, 3.63) is 65.7 Å². The summed E-state index contributed by atoms with van der Waals surface area (Å²) in [5, 5.41) is 0.543. The summed E-state index contributed by atoms with van der Waals surface area (Å²) in [7, 11) is 1.60. The van der Waals surface area contributed by atoms with Gasteiger partial charge in [-0.3, -0.25) is 9.38 Å². The first kappa shape index (κ1) is 15.6. The van der Waals surface area contributed by atoms with E-state index in [1.165, 1.54) is 0 Å². The van der Waals surface area contributed by atoms with E-state index in [2.05, 4.69) is 9.97 Å². The third-order valence-corrected chi connectivity index (χ3v) is 4.29. The summed E-state index contributed by atoms with van der Waals surface area (Å²) in [5.74, 6) is 1.27. The van der Waals surface area contributed by atoms with Crippen LogP contribution in [0.25, 0.3) is 28.3 Å². The molecule has 0 unspecified atom stereocenters. The number of ether oxygens (including phenoxy) is 1. The number of aryl methyl sites for hydroxylation is 1. The summed E-state index contributed by atoms with van der Waals surface area (Å²) >= 11 is 6.32. The zero-order valence-corrected chi connectivity index (χ0v) is 14.5. The Bertz CT molecular complexity index is 1070. The first-order valence-electron chi connectivity index (χ1n) is 7.77. The number of halogens is 1. The number of imidazole rings is 1. The highest BCUT2D eigenvalue weighted by atomic mass is 35.5. The van der Waals surface area contributed by atoms with Gasteiger partial charge in [-0.15, -0.1) is 0 Å². The molecule has 5 nitrogen and oxygen atoms in total. The van der Waals surface area contributed by atoms with Gasteiger partial charge in [-0.05, 0) is 43.3 Å². The van der Waals surface area contributed by atoms with Crippen LogP contribution in [-0.4, -0.2) is 26.5 Å². The molecule has 0 radical (unpaired) electrons. The van der Waals surface area contributed by atoms with Crippen LogP contribution in [0.15, 0.2) is 55.0 Å². The zero-order chi connectivity index (χ0) is 17.4. The fourth-order valence-electron chi connectivity index (χ4n) is 2.87. The highest BCUT2D eigenvalue weighted by Crippen LogP contribution is 2.35. The molecule has 3 aromatic heterocycles. The molecular weight excluding hydrogens is 336 g/mol. The number of aromatic nitrogens is 4. The van der Waals surface area contributed by atoms with Gasteiger partial charge in [-0.25, -0.2) is 9.97 Å². The third kappa shape index (κ3) is 2.72. The number of rotatable bonds is 3. The maximum atomic E-state index is 6.32. The van der Waals surface area contributed by atoms with E-state index in [4.69, 9.17) is 21.3 Å². The Labute approximate surface area is 149 Å². The highest BCUT2D eigenvalue weighted by Gasteiger charge is 2.17. The van der Waals surface area contributed by atoms with Crippen molar-refractivity contribution >= 4 is 17.4 Å². The quantitative estimate of drug-likeness (QED) is 0.548. The topological polar surface area (TPSA) is 52.3 Å². The average Bonchev–Trinajstić information content (AvgIpc) is 3.01. The first-order chi connectivity index (χ1) is 12.2. The second kappa shape index (κ2) is 6.18. The minimum atomic E-state index is 0.543. The number of nitrogens with zero attached hydrogens (tertiary/aromatic N) is 4. The summed E-state index contributed by atoms with van der Waals surface area (Å²) in [5.41, 5.74) is 4.63. The lowest BCUT2D eigenvalue weighted by molar-refractivity contribution is 0.415. The molecule has 25 heavy (non-hydrogen) atoms. The summed E-state index contributed by atoms with van der Waals surface area (Å²) in [6.45, 7) is 1.97. The number of methoxy groups -OCH3 is 1. The van der Waals surface area contributed by atoms with Crippen molar-refractivity contribution in [2.45, 2.75) is 6.92 Å². The summed E-state index contributed by atoms with van der Waals surface area (Å²) in [6.07, 6.45) is 5.48. The lowest BCUT2D eigenvalue weighted by Gasteiger charge is -2.08. The number of pyridine rings is 1. The van der Waals surface area contributed by atoms with E-state index in [0.29, 0.717) is 16.5 Å². The SMILES string of the molecule is COc1ccc(-c2nc3ncccn3c2-c2ccnc(C)c2)cc1Cl. The minimum Gasteiger partial charge on any atom is -0.495 e. The monoisotopic (exact) mass is 350 g/mol. The molecule has 0 aliphatic heterocycles. The summed E-state index contributed by atoms with van der Waals surface area (Å²) in [4.78, 5) is 13.4. The first-order valence-corrected chi connectivity index (χ1v) is 8.15. The molecule has 124 valence electrons. The lowest BCUT2D eigenvalue weighted by atomic mass is 10.0. The van der Waals surface area contributed by atoms with Crippen LogP contribution >= 0.6 is 11.6 Å². The zero-order valence-electron chi connectivity index (χ0n) is 13.8. The van der Waals surface area contributed by atoms with Crippen molar-refractivity contribution < 1.29 is 4.74 Å². The fourth-order valence-corrected chi connectivity index (χ4v) is 3.13. The minimum absolute atomic E-state index is 0.543. The van der Waals surface area contributed by atoms with Gasteiger partial charge in [0.05, 0.1) is 23.5 Å². The number of benzene rings is 1. The van der Waals surface area contributed by atoms with Crippen molar-refractivity contribution in [1.82, 2.24) is 19.4 Å². The van der Waals surface area contributed by atoms with Crippen LogP contribution in [0.4, 0.5) is 0 Å². The van der Waals surface area contributed by atoms with Gasteiger partial charge in [0.1, 0.15) is 5.75 Å². The van der Waals surface area contributed by atoms with Gasteiger partial charge in [-0.1, -0.05) is 11.6 Å². The molecule has 0 N–H and O–H groups in total. The molecule has 0 amide bonds. The maximum Gasteiger partial charge on any atom is 0.234 e. The molecule has 0 saturated heterocycles. The standard InChI is InChI=1S/C19H15ClN4O/c1-12-10-14(6-8-21-12)18-17(23-19-22-7-3-9-24(18)19)13-4-5-16(25-2)15(20)11-13/h3-11H,1-2H3. The van der Waals surface area contributed by atoms with Crippen LogP contribution in [0.2, 0.25) is 5.02 Å². The molecule has 0 atom stereocenters. The predicted molar refractivity (Wildman–Crippen MR) is 98.0 cm³/mol. The molecule has 6 heteroatoms. The maximum absolute atomic E-state index is 6.32. The van der Waals surface area contributed by atoms with E-state index >= 15 is 0 Å². The van der Waals surface area contributed by atoms with E-state index in [1.807, 2.05) is 53.9 Å². The van der Waals surface area contributed by atoms with Crippen LogP contribution in [0.3, 0.4) is 0 Å². The van der Waals surface area contributed by atoms with Crippen LogP contribution in [0, 0.1) is 6.92 Å².